The van der Waals surface area contributed by atoms with Crippen LogP contribution in [-0.4, -0.2) is 14.7 Å². The Balaban J connectivity index is 2.04. The summed E-state index contributed by atoms with van der Waals surface area (Å²) in [6.45, 7) is 0.484. The van der Waals surface area contributed by atoms with Gasteiger partial charge in [-0.25, -0.2) is 4.39 Å². The molecule has 0 spiro atoms. The highest BCUT2D eigenvalue weighted by Crippen LogP contribution is 2.30. The molecule has 6 heteroatoms. The van der Waals surface area contributed by atoms with E-state index in [0.717, 1.165) is 11.6 Å². The van der Waals surface area contributed by atoms with Gasteiger partial charge in [-0.1, -0.05) is 30.3 Å². The average Bonchev–Trinajstić information content (AvgIpc) is 2.96. The van der Waals surface area contributed by atoms with Gasteiger partial charge < -0.3 is 0 Å². The predicted molar refractivity (Wildman–Crippen MR) is 79.8 cm³/mol. The molecule has 0 amide bonds. The van der Waals surface area contributed by atoms with E-state index in [4.69, 9.17) is 0 Å². The summed E-state index contributed by atoms with van der Waals surface area (Å²) in [5.41, 5.74) is 1.68. The molecule has 2 aromatic carbocycles. The van der Waals surface area contributed by atoms with Gasteiger partial charge in [-0.05, 0) is 23.8 Å². The van der Waals surface area contributed by atoms with Crippen molar-refractivity contribution in [2.45, 2.75) is 6.54 Å². The van der Waals surface area contributed by atoms with Crippen LogP contribution in [0.15, 0.2) is 60.8 Å². The SMILES string of the molecule is O=[N+]([O-])c1cc(F)ccc1-c1ccnn1Cc1ccccc1. The second-order valence-electron chi connectivity index (χ2n) is 4.78. The maximum Gasteiger partial charge on any atom is 0.281 e. The van der Waals surface area contributed by atoms with Gasteiger partial charge in [0.2, 0.25) is 0 Å². The molecule has 1 heterocycles. The average molecular weight is 297 g/mol. The summed E-state index contributed by atoms with van der Waals surface area (Å²) in [7, 11) is 0. The second-order valence-corrected chi connectivity index (χ2v) is 4.78. The zero-order chi connectivity index (χ0) is 15.5. The van der Waals surface area contributed by atoms with E-state index in [0.29, 0.717) is 17.8 Å². The number of halogens is 1. The number of hydrogen-bond donors (Lipinski definition) is 0. The number of aromatic nitrogens is 2. The molecular weight excluding hydrogens is 285 g/mol. The summed E-state index contributed by atoms with van der Waals surface area (Å²) >= 11 is 0. The number of hydrogen-bond acceptors (Lipinski definition) is 3. The van der Waals surface area contributed by atoms with Crippen LogP contribution in [0.3, 0.4) is 0 Å². The van der Waals surface area contributed by atoms with E-state index >= 15 is 0 Å². The molecule has 3 rings (SSSR count). The molecule has 0 radical (unpaired) electrons. The van der Waals surface area contributed by atoms with E-state index in [1.807, 2.05) is 30.3 Å². The van der Waals surface area contributed by atoms with Crippen molar-refractivity contribution in [2.24, 2.45) is 0 Å². The minimum Gasteiger partial charge on any atom is -0.260 e. The Morgan fingerprint density at radius 1 is 1.14 bits per heavy atom. The quantitative estimate of drug-likeness (QED) is 0.545. The normalized spacial score (nSPS) is 10.6. The van der Waals surface area contributed by atoms with E-state index in [1.54, 1.807) is 16.9 Å². The summed E-state index contributed by atoms with van der Waals surface area (Å²) in [4.78, 5) is 10.6. The van der Waals surface area contributed by atoms with E-state index < -0.39 is 10.7 Å². The van der Waals surface area contributed by atoms with E-state index in [-0.39, 0.29) is 5.69 Å². The fraction of sp³-hybridized carbons (Fsp3) is 0.0625. The molecule has 1 aromatic heterocycles. The predicted octanol–water partition coefficient (Wildman–Crippen LogP) is 3.65. The molecule has 0 unspecified atom stereocenters. The van der Waals surface area contributed by atoms with Crippen molar-refractivity contribution in [3.05, 3.63) is 82.3 Å². The minimum absolute atomic E-state index is 0.269. The number of nitrogens with zero attached hydrogens (tertiary/aromatic N) is 3. The molecule has 0 atom stereocenters. The van der Waals surface area contributed by atoms with Crippen molar-refractivity contribution in [2.75, 3.05) is 0 Å². The van der Waals surface area contributed by atoms with Crippen molar-refractivity contribution >= 4 is 5.69 Å². The van der Waals surface area contributed by atoms with Crippen molar-refractivity contribution in [3.8, 4) is 11.3 Å². The van der Waals surface area contributed by atoms with Crippen LogP contribution in [0.2, 0.25) is 0 Å². The third-order valence-corrected chi connectivity index (χ3v) is 3.32. The van der Waals surface area contributed by atoms with Gasteiger partial charge in [0, 0.05) is 6.20 Å². The first kappa shape index (κ1) is 13.9. The summed E-state index contributed by atoms with van der Waals surface area (Å²) < 4.78 is 14.9. The van der Waals surface area contributed by atoms with Crippen molar-refractivity contribution < 1.29 is 9.31 Å². The molecule has 3 aromatic rings. The molecule has 0 aliphatic rings. The lowest BCUT2D eigenvalue weighted by atomic mass is 10.1. The van der Waals surface area contributed by atoms with Crippen LogP contribution in [0, 0.1) is 15.9 Å². The topological polar surface area (TPSA) is 61.0 Å². The van der Waals surface area contributed by atoms with Crippen molar-refractivity contribution in [1.82, 2.24) is 9.78 Å². The fourth-order valence-electron chi connectivity index (χ4n) is 2.32. The Morgan fingerprint density at radius 3 is 2.64 bits per heavy atom. The highest BCUT2D eigenvalue weighted by Gasteiger charge is 2.19. The third-order valence-electron chi connectivity index (χ3n) is 3.32. The van der Waals surface area contributed by atoms with E-state index in [1.165, 1.54) is 12.1 Å². The lowest BCUT2D eigenvalue weighted by molar-refractivity contribution is -0.384. The van der Waals surface area contributed by atoms with Gasteiger partial charge >= 0.3 is 0 Å². The van der Waals surface area contributed by atoms with Gasteiger partial charge in [-0.15, -0.1) is 0 Å². The van der Waals surface area contributed by atoms with Gasteiger partial charge in [-0.3, -0.25) is 14.8 Å². The maximum absolute atomic E-state index is 13.3. The van der Waals surface area contributed by atoms with Crippen LogP contribution >= 0.6 is 0 Å². The molecule has 0 aliphatic carbocycles. The summed E-state index contributed by atoms with van der Waals surface area (Å²) in [6, 6.07) is 14.9. The molecule has 0 fully saturated rings. The summed E-state index contributed by atoms with van der Waals surface area (Å²) in [5, 5.41) is 15.4. The zero-order valence-electron chi connectivity index (χ0n) is 11.5. The monoisotopic (exact) mass is 297 g/mol. The molecule has 5 nitrogen and oxygen atoms in total. The molecule has 0 aliphatic heterocycles. The summed E-state index contributed by atoms with van der Waals surface area (Å²) in [6.07, 6.45) is 1.57. The molecule has 110 valence electrons. The van der Waals surface area contributed by atoms with Crippen LogP contribution in [0.5, 0.6) is 0 Å². The molecule has 0 N–H and O–H groups in total. The molecule has 0 saturated carbocycles. The van der Waals surface area contributed by atoms with Crippen LogP contribution in [0.1, 0.15) is 5.56 Å². The first-order valence-corrected chi connectivity index (χ1v) is 6.65. The van der Waals surface area contributed by atoms with Crippen LogP contribution in [0.4, 0.5) is 10.1 Å². The number of benzene rings is 2. The molecule has 0 saturated heterocycles. The van der Waals surface area contributed by atoms with Crippen molar-refractivity contribution in [3.63, 3.8) is 0 Å². The van der Waals surface area contributed by atoms with Gasteiger partial charge in [0.05, 0.1) is 28.8 Å². The van der Waals surface area contributed by atoms with Crippen LogP contribution in [-0.2, 0) is 6.54 Å². The molecule has 22 heavy (non-hydrogen) atoms. The smallest absolute Gasteiger partial charge is 0.260 e. The number of nitro groups is 1. The van der Waals surface area contributed by atoms with Crippen molar-refractivity contribution in [1.29, 1.82) is 0 Å². The Labute approximate surface area is 125 Å². The fourth-order valence-corrected chi connectivity index (χ4v) is 2.32. The van der Waals surface area contributed by atoms with Crippen LogP contribution in [0.25, 0.3) is 11.3 Å². The largest absolute Gasteiger partial charge is 0.281 e. The zero-order valence-corrected chi connectivity index (χ0v) is 11.5. The Hall–Kier alpha value is -3.02. The highest BCUT2D eigenvalue weighted by atomic mass is 19.1. The Kier molecular flexibility index (Phi) is 3.65. The lowest BCUT2D eigenvalue weighted by Crippen LogP contribution is -2.04. The standard InChI is InChI=1S/C16H12FN3O2/c17-13-6-7-14(16(10-13)20(21)22)15-8-9-18-19(15)11-12-4-2-1-3-5-12/h1-10H,11H2. The Bertz CT molecular complexity index is 815. The number of nitro benzene ring substituents is 1. The van der Waals surface area contributed by atoms with Gasteiger partial charge in [0.25, 0.3) is 5.69 Å². The Morgan fingerprint density at radius 2 is 1.91 bits per heavy atom. The highest BCUT2D eigenvalue weighted by molar-refractivity contribution is 5.70. The lowest BCUT2D eigenvalue weighted by Gasteiger charge is -2.08. The van der Waals surface area contributed by atoms with Gasteiger partial charge in [0.15, 0.2) is 0 Å². The summed E-state index contributed by atoms with van der Waals surface area (Å²) in [5.74, 6) is -0.635. The first-order valence-electron chi connectivity index (χ1n) is 6.65. The third kappa shape index (κ3) is 2.71. The maximum atomic E-state index is 13.3. The molecule has 0 bridgehead atoms. The molecular formula is C16H12FN3O2. The minimum atomic E-state index is -0.635. The van der Waals surface area contributed by atoms with E-state index in [9.17, 15) is 14.5 Å². The van der Waals surface area contributed by atoms with Gasteiger partial charge in [-0.2, -0.15) is 5.10 Å². The first-order chi connectivity index (χ1) is 10.6. The van der Waals surface area contributed by atoms with Gasteiger partial charge in [0.1, 0.15) is 5.82 Å². The van der Waals surface area contributed by atoms with Crippen LogP contribution < -0.4 is 0 Å². The number of rotatable bonds is 4. The second kappa shape index (κ2) is 5.77. The van der Waals surface area contributed by atoms with E-state index in [2.05, 4.69) is 5.10 Å².